The van der Waals surface area contributed by atoms with Gasteiger partial charge in [-0.2, -0.15) is 0 Å². The minimum absolute atomic E-state index is 0.0816. The number of ketones is 1. The molecule has 1 aliphatic rings. The second kappa shape index (κ2) is 4.98. The Kier molecular flexibility index (Phi) is 3.24. The Morgan fingerprint density at radius 3 is 2.36 bits per heavy atom. The fraction of sp³-hybridized carbons (Fsp3) is 0.222. The molecule has 2 aromatic carbocycles. The van der Waals surface area contributed by atoms with Crippen LogP contribution >= 0.6 is 0 Å². The van der Waals surface area contributed by atoms with Crippen molar-refractivity contribution in [3.05, 3.63) is 59.2 Å². The summed E-state index contributed by atoms with van der Waals surface area (Å²) >= 11 is 0. The Bertz CT molecular complexity index is 760. The van der Waals surface area contributed by atoms with E-state index in [2.05, 4.69) is 5.32 Å². The number of amides is 1. The van der Waals surface area contributed by atoms with Crippen LogP contribution in [0.1, 0.15) is 35.3 Å². The molecule has 4 heteroatoms. The molecule has 0 unspecified atom stereocenters. The van der Waals surface area contributed by atoms with Crippen molar-refractivity contribution >= 4 is 17.4 Å². The Balaban J connectivity index is 1.94. The summed E-state index contributed by atoms with van der Waals surface area (Å²) in [6, 6.07) is 12.5. The number of hydrogen-bond donors (Lipinski definition) is 1. The zero-order valence-electron chi connectivity index (χ0n) is 12.8. The Labute approximate surface area is 129 Å². The monoisotopic (exact) mass is 295 g/mol. The van der Waals surface area contributed by atoms with Crippen LogP contribution in [0.15, 0.2) is 42.5 Å². The van der Waals surface area contributed by atoms with E-state index in [1.54, 1.807) is 44.2 Å². The van der Waals surface area contributed by atoms with Gasteiger partial charge in [0.05, 0.1) is 5.69 Å². The highest BCUT2D eigenvalue weighted by Gasteiger charge is 2.35. The molecule has 0 aliphatic carbocycles. The van der Waals surface area contributed by atoms with Gasteiger partial charge in [0, 0.05) is 11.1 Å². The average Bonchev–Trinajstić information content (AvgIpc) is 2.48. The highest BCUT2D eigenvalue weighted by Crippen LogP contribution is 2.34. The Morgan fingerprint density at radius 1 is 1.05 bits per heavy atom. The molecule has 0 saturated heterocycles. The van der Waals surface area contributed by atoms with Gasteiger partial charge in [-0.1, -0.05) is 29.8 Å². The summed E-state index contributed by atoms with van der Waals surface area (Å²) in [6.07, 6.45) is 0. The molecule has 4 nitrogen and oxygen atoms in total. The van der Waals surface area contributed by atoms with Crippen LogP contribution in [0.3, 0.4) is 0 Å². The van der Waals surface area contributed by atoms with Crippen LogP contribution in [0.4, 0.5) is 5.69 Å². The van der Waals surface area contributed by atoms with E-state index >= 15 is 0 Å². The summed E-state index contributed by atoms with van der Waals surface area (Å²) in [5, 5.41) is 2.79. The first kappa shape index (κ1) is 14.3. The third kappa shape index (κ3) is 2.48. The molecular weight excluding hydrogens is 278 g/mol. The van der Waals surface area contributed by atoms with Gasteiger partial charge in [-0.15, -0.1) is 0 Å². The molecule has 0 atom stereocenters. The molecule has 1 amide bonds. The lowest BCUT2D eigenvalue weighted by atomic mass is 10.00. The van der Waals surface area contributed by atoms with Crippen LogP contribution in [-0.2, 0) is 4.79 Å². The van der Waals surface area contributed by atoms with E-state index in [1.165, 1.54) is 0 Å². The van der Waals surface area contributed by atoms with Crippen LogP contribution in [0.2, 0.25) is 0 Å². The molecule has 0 radical (unpaired) electrons. The number of anilines is 1. The Morgan fingerprint density at radius 2 is 1.68 bits per heavy atom. The fourth-order valence-electron chi connectivity index (χ4n) is 2.32. The normalized spacial score (nSPS) is 15.5. The summed E-state index contributed by atoms with van der Waals surface area (Å²) in [7, 11) is 0. The predicted octanol–water partition coefficient (Wildman–Crippen LogP) is 3.34. The van der Waals surface area contributed by atoms with Crippen molar-refractivity contribution in [3.63, 3.8) is 0 Å². The van der Waals surface area contributed by atoms with Gasteiger partial charge in [0.1, 0.15) is 5.75 Å². The maximum Gasteiger partial charge on any atom is 0.268 e. The molecule has 0 aromatic heterocycles. The van der Waals surface area contributed by atoms with Gasteiger partial charge in [0.15, 0.2) is 11.4 Å². The summed E-state index contributed by atoms with van der Waals surface area (Å²) in [6.45, 7) is 5.38. The van der Waals surface area contributed by atoms with E-state index in [9.17, 15) is 9.59 Å². The molecule has 0 saturated carbocycles. The zero-order chi connectivity index (χ0) is 15.9. The minimum atomic E-state index is -0.907. The van der Waals surface area contributed by atoms with Crippen molar-refractivity contribution in [2.24, 2.45) is 0 Å². The van der Waals surface area contributed by atoms with Crippen LogP contribution in [0.25, 0.3) is 0 Å². The summed E-state index contributed by atoms with van der Waals surface area (Å²) in [5.41, 5.74) is 1.86. The first-order chi connectivity index (χ1) is 10.4. The molecule has 112 valence electrons. The lowest BCUT2D eigenvalue weighted by molar-refractivity contribution is -0.129. The first-order valence-corrected chi connectivity index (χ1v) is 7.13. The van der Waals surface area contributed by atoms with Crippen LogP contribution < -0.4 is 10.1 Å². The number of fused-ring (bicyclic) bond motifs is 1. The SMILES string of the molecule is Cc1ccc(C(=O)c2ccc3c(c2)NC(=O)C(C)(C)O3)cc1. The maximum atomic E-state index is 12.5. The molecule has 22 heavy (non-hydrogen) atoms. The van der Waals surface area contributed by atoms with Crippen LogP contribution in [0.5, 0.6) is 5.75 Å². The van der Waals surface area contributed by atoms with Gasteiger partial charge in [0.2, 0.25) is 0 Å². The molecule has 3 rings (SSSR count). The van der Waals surface area contributed by atoms with Gasteiger partial charge < -0.3 is 10.1 Å². The molecule has 0 bridgehead atoms. The topological polar surface area (TPSA) is 55.4 Å². The standard InChI is InChI=1S/C18H17NO3/c1-11-4-6-12(7-5-11)16(20)13-8-9-15-14(10-13)19-17(21)18(2,3)22-15/h4-10H,1-3H3,(H,19,21). The molecule has 2 aromatic rings. The van der Waals surface area contributed by atoms with Crippen molar-refractivity contribution in [2.45, 2.75) is 26.4 Å². The fourth-order valence-corrected chi connectivity index (χ4v) is 2.32. The molecule has 1 heterocycles. The predicted molar refractivity (Wildman–Crippen MR) is 84.4 cm³/mol. The quantitative estimate of drug-likeness (QED) is 0.865. The first-order valence-electron chi connectivity index (χ1n) is 7.13. The second-order valence-corrected chi connectivity index (χ2v) is 5.97. The highest BCUT2D eigenvalue weighted by molar-refractivity contribution is 6.10. The third-order valence-electron chi connectivity index (χ3n) is 3.72. The number of nitrogens with one attached hydrogen (secondary N) is 1. The molecular formula is C18H17NO3. The number of carbonyl (C=O) groups is 2. The molecule has 0 fully saturated rings. The number of benzene rings is 2. The van der Waals surface area contributed by atoms with E-state index < -0.39 is 5.60 Å². The highest BCUT2D eigenvalue weighted by atomic mass is 16.5. The lowest BCUT2D eigenvalue weighted by Crippen LogP contribution is -2.45. The molecule has 0 spiro atoms. The van der Waals surface area contributed by atoms with Crippen molar-refractivity contribution in [1.29, 1.82) is 0 Å². The maximum absolute atomic E-state index is 12.5. The van der Waals surface area contributed by atoms with E-state index in [1.807, 2.05) is 19.1 Å². The average molecular weight is 295 g/mol. The smallest absolute Gasteiger partial charge is 0.268 e. The molecule has 1 N–H and O–H groups in total. The van der Waals surface area contributed by atoms with Crippen molar-refractivity contribution in [1.82, 2.24) is 0 Å². The number of carbonyl (C=O) groups excluding carboxylic acids is 2. The van der Waals surface area contributed by atoms with Crippen LogP contribution in [0, 0.1) is 6.92 Å². The van der Waals surface area contributed by atoms with Crippen molar-refractivity contribution < 1.29 is 14.3 Å². The van der Waals surface area contributed by atoms with E-state index in [4.69, 9.17) is 4.74 Å². The van der Waals surface area contributed by atoms with E-state index in [0.717, 1.165) is 5.56 Å². The minimum Gasteiger partial charge on any atom is -0.476 e. The van der Waals surface area contributed by atoms with Crippen molar-refractivity contribution in [3.8, 4) is 5.75 Å². The number of aryl methyl sites for hydroxylation is 1. The van der Waals surface area contributed by atoms with Gasteiger partial charge in [-0.25, -0.2) is 0 Å². The van der Waals surface area contributed by atoms with Crippen LogP contribution in [-0.4, -0.2) is 17.3 Å². The number of hydrogen-bond acceptors (Lipinski definition) is 3. The van der Waals surface area contributed by atoms with E-state index in [0.29, 0.717) is 22.6 Å². The van der Waals surface area contributed by atoms with Crippen molar-refractivity contribution in [2.75, 3.05) is 5.32 Å². The summed E-state index contributed by atoms with van der Waals surface area (Å²) in [5.74, 6) is 0.270. The summed E-state index contributed by atoms with van der Waals surface area (Å²) < 4.78 is 5.66. The third-order valence-corrected chi connectivity index (χ3v) is 3.72. The Hall–Kier alpha value is -2.62. The van der Waals surface area contributed by atoms with Gasteiger partial charge in [0.25, 0.3) is 5.91 Å². The summed E-state index contributed by atoms with van der Waals surface area (Å²) in [4.78, 5) is 24.4. The molecule has 1 aliphatic heterocycles. The zero-order valence-corrected chi connectivity index (χ0v) is 12.8. The largest absolute Gasteiger partial charge is 0.476 e. The van der Waals surface area contributed by atoms with Gasteiger partial charge in [-0.3, -0.25) is 9.59 Å². The number of rotatable bonds is 2. The second-order valence-electron chi connectivity index (χ2n) is 5.97. The van der Waals surface area contributed by atoms with Gasteiger partial charge >= 0.3 is 0 Å². The lowest BCUT2D eigenvalue weighted by Gasteiger charge is -2.31. The van der Waals surface area contributed by atoms with Gasteiger partial charge in [-0.05, 0) is 39.0 Å². The van der Waals surface area contributed by atoms with E-state index in [-0.39, 0.29) is 11.7 Å². The number of ether oxygens (including phenoxy) is 1.